The van der Waals surface area contributed by atoms with Crippen molar-refractivity contribution in [2.24, 2.45) is 5.92 Å². The second kappa shape index (κ2) is 8.91. The lowest BCUT2D eigenvalue weighted by Gasteiger charge is -2.30. The Balaban J connectivity index is 1.30. The SMILES string of the molecule is C[C@@H]1CCCN(CCCCNC(=O)c2cc(C3CC3)nn2-c2ccccc2)C1. The molecule has 1 aliphatic heterocycles. The number of nitrogens with zero attached hydrogens (tertiary/aromatic N) is 3. The third-order valence-electron chi connectivity index (χ3n) is 5.89. The molecule has 0 radical (unpaired) electrons. The zero-order valence-corrected chi connectivity index (χ0v) is 16.9. The summed E-state index contributed by atoms with van der Waals surface area (Å²) in [4.78, 5) is 15.4. The number of nitrogens with one attached hydrogen (secondary N) is 1. The Morgan fingerprint density at radius 1 is 1.18 bits per heavy atom. The van der Waals surface area contributed by atoms with Crippen molar-refractivity contribution in [3.8, 4) is 5.69 Å². The van der Waals surface area contributed by atoms with Crippen molar-refractivity contribution in [2.75, 3.05) is 26.2 Å². The molecule has 1 atom stereocenters. The highest BCUT2D eigenvalue weighted by atomic mass is 16.2. The number of hydrogen-bond donors (Lipinski definition) is 1. The van der Waals surface area contributed by atoms with Gasteiger partial charge < -0.3 is 10.2 Å². The fourth-order valence-electron chi connectivity index (χ4n) is 4.15. The lowest BCUT2D eigenvalue weighted by molar-refractivity contribution is 0.0944. The van der Waals surface area contributed by atoms with Crippen LogP contribution in [0.25, 0.3) is 5.69 Å². The fourth-order valence-corrected chi connectivity index (χ4v) is 4.15. The van der Waals surface area contributed by atoms with Crippen molar-refractivity contribution in [3.05, 3.63) is 47.8 Å². The van der Waals surface area contributed by atoms with E-state index in [-0.39, 0.29) is 5.91 Å². The van der Waals surface area contributed by atoms with Gasteiger partial charge in [0.15, 0.2) is 0 Å². The van der Waals surface area contributed by atoms with E-state index in [2.05, 4.69) is 17.1 Å². The second-order valence-electron chi connectivity index (χ2n) is 8.49. The number of carbonyl (C=O) groups excluding carboxylic acids is 1. The normalized spacial score (nSPS) is 20.2. The van der Waals surface area contributed by atoms with Crippen LogP contribution in [0.2, 0.25) is 0 Å². The Morgan fingerprint density at radius 3 is 2.75 bits per heavy atom. The van der Waals surface area contributed by atoms with E-state index in [1.807, 2.05) is 36.4 Å². The van der Waals surface area contributed by atoms with Crippen molar-refractivity contribution in [2.45, 2.75) is 51.4 Å². The minimum absolute atomic E-state index is 0.0187. The van der Waals surface area contributed by atoms with E-state index in [9.17, 15) is 4.79 Å². The van der Waals surface area contributed by atoms with Crippen LogP contribution in [0, 0.1) is 5.92 Å². The third kappa shape index (κ3) is 4.82. The fraction of sp³-hybridized carbons (Fsp3) is 0.565. The first-order chi connectivity index (χ1) is 13.7. The molecule has 1 aromatic heterocycles. The number of rotatable bonds is 8. The summed E-state index contributed by atoms with van der Waals surface area (Å²) in [5.41, 5.74) is 2.64. The van der Waals surface area contributed by atoms with Crippen LogP contribution in [0.3, 0.4) is 0 Å². The molecule has 0 unspecified atom stereocenters. The molecular weight excluding hydrogens is 348 g/mol. The van der Waals surface area contributed by atoms with Gasteiger partial charge >= 0.3 is 0 Å². The number of likely N-dealkylation sites (tertiary alicyclic amines) is 1. The first-order valence-corrected chi connectivity index (χ1v) is 10.9. The lowest BCUT2D eigenvalue weighted by Crippen LogP contribution is -2.35. The number of benzene rings is 1. The van der Waals surface area contributed by atoms with Crippen LogP contribution < -0.4 is 5.32 Å². The smallest absolute Gasteiger partial charge is 0.270 e. The predicted molar refractivity (Wildman–Crippen MR) is 112 cm³/mol. The van der Waals surface area contributed by atoms with Crippen LogP contribution in [0.5, 0.6) is 0 Å². The summed E-state index contributed by atoms with van der Waals surface area (Å²) in [6.45, 7) is 6.68. The maximum Gasteiger partial charge on any atom is 0.270 e. The van der Waals surface area contributed by atoms with E-state index in [1.165, 1.54) is 38.8 Å². The van der Waals surface area contributed by atoms with E-state index in [1.54, 1.807) is 4.68 Å². The van der Waals surface area contributed by atoms with Gasteiger partial charge in [-0.2, -0.15) is 5.10 Å². The summed E-state index contributed by atoms with van der Waals surface area (Å²) < 4.78 is 1.80. The molecule has 2 aromatic rings. The Morgan fingerprint density at radius 2 is 2.00 bits per heavy atom. The van der Waals surface area contributed by atoms with E-state index < -0.39 is 0 Å². The number of unbranched alkanes of at least 4 members (excludes halogenated alkanes) is 1. The van der Waals surface area contributed by atoms with Crippen LogP contribution in [0.15, 0.2) is 36.4 Å². The average Bonchev–Trinajstić information content (AvgIpc) is 3.46. The summed E-state index contributed by atoms with van der Waals surface area (Å²) in [5.74, 6) is 1.34. The van der Waals surface area contributed by atoms with Gasteiger partial charge in [-0.1, -0.05) is 25.1 Å². The molecule has 28 heavy (non-hydrogen) atoms. The Hall–Kier alpha value is -2.14. The Kier molecular flexibility index (Phi) is 6.10. The number of aromatic nitrogens is 2. The zero-order chi connectivity index (χ0) is 19.3. The predicted octanol–water partition coefficient (Wildman–Crippen LogP) is 3.99. The van der Waals surface area contributed by atoms with Crippen LogP contribution in [0.1, 0.15) is 67.5 Å². The maximum absolute atomic E-state index is 12.8. The molecule has 1 aliphatic carbocycles. The van der Waals surface area contributed by atoms with E-state index in [4.69, 9.17) is 5.10 Å². The van der Waals surface area contributed by atoms with Gasteiger partial charge in [-0.25, -0.2) is 4.68 Å². The summed E-state index contributed by atoms with van der Waals surface area (Å²) in [5, 5.41) is 7.84. The highest BCUT2D eigenvalue weighted by molar-refractivity contribution is 5.93. The molecule has 1 saturated heterocycles. The molecule has 1 N–H and O–H groups in total. The molecule has 1 saturated carbocycles. The first kappa shape index (κ1) is 19.2. The first-order valence-electron chi connectivity index (χ1n) is 10.9. The Labute approximate surface area is 168 Å². The quantitative estimate of drug-likeness (QED) is 0.705. The minimum Gasteiger partial charge on any atom is -0.351 e. The molecule has 5 nitrogen and oxygen atoms in total. The summed E-state index contributed by atoms with van der Waals surface area (Å²) >= 11 is 0. The monoisotopic (exact) mass is 380 g/mol. The molecule has 5 heteroatoms. The molecule has 0 bridgehead atoms. The van der Waals surface area contributed by atoms with Crippen LogP contribution in [-0.2, 0) is 0 Å². The Bertz CT molecular complexity index is 781. The molecule has 2 aliphatic rings. The van der Waals surface area contributed by atoms with E-state index >= 15 is 0 Å². The second-order valence-corrected chi connectivity index (χ2v) is 8.49. The van der Waals surface area contributed by atoms with Crippen molar-refractivity contribution < 1.29 is 4.79 Å². The average molecular weight is 381 g/mol. The van der Waals surface area contributed by atoms with Crippen molar-refractivity contribution in [1.82, 2.24) is 20.0 Å². The summed E-state index contributed by atoms with van der Waals surface area (Å²) in [7, 11) is 0. The summed E-state index contributed by atoms with van der Waals surface area (Å²) in [6, 6.07) is 11.9. The number of piperidine rings is 1. The molecule has 2 heterocycles. The number of amides is 1. The highest BCUT2D eigenvalue weighted by Crippen LogP contribution is 2.39. The van der Waals surface area contributed by atoms with Gasteiger partial charge in [-0.05, 0) is 75.7 Å². The molecular formula is C23H32N4O. The van der Waals surface area contributed by atoms with Crippen molar-refractivity contribution >= 4 is 5.91 Å². The van der Waals surface area contributed by atoms with Gasteiger partial charge in [0.1, 0.15) is 5.69 Å². The largest absolute Gasteiger partial charge is 0.351 e. The summed E-state index contributed by atoms with van der Waals surface area (Å²) in [6.07, 6.45) is 7.21. The molecule has 2 fully saturated rings. The number of hydrogen-bond acceptors (Lipinski definition) is 3. The van der Waals surface area contributed by atoms with Gasteiger partial charge in [0.05, 0.1) is 11.4 Å². The number of para-hydroxylation sites is 1. The maximum atomic E-state index is 12.8. The standard InChI is InChI=1S/C23H32N4O/c1-18-8-7-15-26(17-18)14-6-5-13-24-23(28)22-16-21(19-11-12-19)25-27(22)20-9-3-2-4-10-20/h2-4,9-10,16,18-19H,5-8,11-15,17H2,1H3,(H,24,28)/t18-/m1/s1. The molecule has 150 valence electrons. The zero-order valence-electron chi connectivity index (χ0n) is 16.9. The van der Waals surface area contributed by atoms with Crippen LogP contribution in [0.4, 0.5) is 0 Å². The third-order valence-corrected chi connectivity index (χ3v) is 5.89. The van der Waals surface area contributed by atoms with Gasteiger partial charge in [0.25, 0.3) is 5.91 Å². The van der Waals surface area contributed by atoms with Gasteiger partial charge in [0.2, 0.25) is 0 Å². The van der Waals surface area contributed by atoms with E-state index in [0.29, 0.717) is 11.6 Å². The molecule has 4 rings (SSSR count). The molecule has 1 aromatic carbocycles. The highest BCUT2D eigenvalue weighted by Gasteiger charge is 2.29. The van der Waals surface area contributed by atoms with E-state index in [0.717, 1.165) is 43.2 Å². The van der Waals surface area contributed by atoms with Crippen LogP contribution >= 0.6 is 0 Å². The minimum atomic E-state index is -0.0187. The van der Waals surface area contributed by atoms with Gasteiger partial charge in [-0.15, -0.1) is 0 Å². The van der Waals surface area contributed by atoms with Crippen molar-refractivity contribution in [1.29, 1.82) is 0 Å². The molecule has 1 amide bonds. The topological polar surface area (TPSA) is 50.2 Å². The van der Waals surface area contributed by atoms with Crippen molar-refractivity contribution in [3.63, 3.8) is 0 Å². The van der Waals surface area contributed by atoms with Gasteiger partial charge in [-0.3, -0.25) is 4.79 Å². The van der Waals surface area contributed by atoms with Crippen LogP contribution in [-0.4, -0.2) is 46.8 Å². The lowest BCUT2D eigenvalue weighted by atomic mass is 10.0. The number of carbonyl (C=O) groups is 1. The van der Waals surface area contributed by atoms with Gasteiger partial charge in [0, 0.05) is 19.0 Å². The molecule has 0 spiro atoms.